The molecule has 0 unspecified atom stereocenters. The normalized spacial score (nSPS) is 17.5. The van der Waals surface area contributed by atoms with Gasteiger partial charge in [-0.1, -0.05) is 0 Å². The Labute approximate surface area is 73.6 Å². The third kappa shape index (κ3) is 1.66. The van der Waals surface area contributed by atoms with Gasteiger partial charge in [0.2, 0.25) is 0 Å². The summed E-state index contributed by atoms with van der Waals surface area (Å²) >= 11 is 0. The first kappa shape index (κ1) is 8.53. The van der Waals surface area contributed by atoms with E-state index in [1.807, 2.05) is 0 Å². The highest BCUT2D eigenvalue weighted by molar-refractivity contribution is 5.28. The molecular formula is C9H8F3N. The molecule has 0 N–H and O–H groups in total. The highest BCUT2D eigenvalue weighted by atomic mass is 19.4. The van der Waals surface area contributed by atoms with Crippen molar-refractivity contribution in [3.05, 3.63) is 29.6 Å². The van der Waals surface area contributed by atoms with E-state index in [1.54, 1.807) is 0 Å². The molecule has 0 aliphatic heterocycles. The maximum Gasteiger partial charge on any atom is 0.418 e. The van der Waals surface area contributed by atoms with Crippen molar-refractivity contribution in [1.29, 1.82) is 0 Å². The highest BCUT2D eigenvalue weighted by Crippen LogP contribution is 2.44. The summed E-state index contributed by atoms with van der Waals surface area (Å²) in [6, 6.07) is 2.43. The first-order chi connectivity index (χ1) is 6.09. The standard InChI is InChI=1S/C9H8F3N/c10-9(11,12)7-2-1-5-13-8(7)6-3-4-6/h1-2,5-6H,3-4H2. The predicted molar refractivity (Wildman–Crippen MR) is 41.2 cm³/mol. The molecule has 0 spiro atoms. The minimum atomic E-state index is -4.26. The van der Waals surface area contributed by atoms with Crippen LogP contribution in [-0.4, -0.2) is 4.98 Å². The second-order valence-electron chi connectivity index (χ2n) is 3.21. The molecule has 1 fully saturated rings. The Morgan fingerprint density at radius 2 is 2.00 bits per heavy atom. The molecule has 0 bridgehead atoms. The Hall–Kier alpha value is -1.06. The Morgan fingerprint density at radius 3 is 2.54 bits per heavy atom. The van der Waals surface area contributed by atoms with Crippen molar-refractivity contribution in [2.24, 2.45) is 0 Å². The average molecular weight is 187 g/mol. The molecule has 1 aromatic rings. The molecule has 1 saturated carbocycles. The monoisotopic (exact) mass is 187 g/mol. The molecule has 4 heteroatoms. The van der Waals surface area contributed by atoms with Crippen LogP contribution in [0.25, 0.3) is 0 Å². The molecule has 1 heterocycles. The summed E-state index contributed by atoms with van der Waals surface area (Å²) in [5.74, 6) is 0.0397. The second kappa shape index (κ2) is 2.72. The summed E-state index contributed by atoms with van der Waals surface area (Å²) < 4.78 is 37.2. The molecule has 1 nitrogen and oxygen atoms in total. The molecular weight excluding hydrogens is 179 g/mol. The summed E-state index contributed by atoms with van der Waals surface area (Å²) in [7, 11) is 0. The summed E-state index contributed by atoms with van der Waals surface area (Å²) in [5, 5.41) is 0. The quantitative estimate of drug-likeness (QED) is 0.658. The lowest BCUT2D eigenvalue weighted by molar-refractivity contribution is -0.138. The van der Waals surface area contributed by atoms with E-state index in [0.717, 1.165) is 18.9 Å². The Balaban J connectivity index is 2.43. The summed E-state index contributed by atoms with van der Waals surface area (Å²) in [6.07, 6.45) is -1.17. The van der Waals surface area contributed by atoms with Gasteiger partial charge in [-0.2, -0.15) is 13.2 Å². The van der Waals surface area contributed by atoms with E-state index in [9.17, 15) is 13.2 Å². The number of hydrogen-bond acceptors (Lipinski definition) is 1. The zero-order valence-electron chi connectivity index (χ0n) is 6.80. The SMILES string of the molecule is FC(F)(F)c1cccnc1C1CC1. The lowest BCUT2D eigenvalue weighted by Crippen LogP contribution is -2.09. The van der Waals surface area contributed by atoms with Crippen LogP contribution in [0.3, 0.4) is 0 Å². The van der Waals surface area contributed by atoms with E-state index in [4.69, 9.17) is 0 Å². The minimum Gasteiger partial charge on any atom is -0.260 e. The molecule has 2 rings (SSSR count). The van der Waals surface area contributed by atoms with Gasteiger partial charge < -0.3 is 0 Å². The van der Waals surface area contributed by atoms with Crippen molar-refractivity contribution in [3.8, 4) is 0 Å². The van der Waals surface area contributed by atoms with Crippen molar-refractivity contribution in [2.75, 3.05) is 0 Å². The number of hydrogen-bond donors (Lipinski definition) is 0. The fourth-order valence-electron chi connectivity index (χ4n) is 1.34. The van der Waals surface area contributed by atoms with Crippen LogP contribution in [0, 0.1) is 0 Å². The maximum absolute atomic E-state index is 12.4. The van der Waals surface area contributed by atoms with Crippen molar-refractivity contribution in [3.63, 3.8) is 0 Å². The van der Waals surface area contributed by atoms with Crippen molar-refractivity contribution < 1.29 is 13.2 Å². The van der Waals surface area contributed by atoms with Gasteiger partial charge in [-0.05, 0) is 25.0 Å². The van der Waals surface area contributed by atoms with E-state index < -0.39 is 11.7 Å². The third-order valence-electron chi connectivity index (χ3n) is 2.11. The van der Waals surface area contributed by atoms with Gasteiger partial charge in [0.05, 0.1) is 11.3 Å². The number of aromatic nitrogens is 1. The van der Waals surface area contributed by atoms with E-state index in [0.29, 0.717) is 0 Å². The number of nitrogens with zero attached hydrogens (tertiary/aromatic N) is 1. The van der Waals surface area contributed by atoms with Gasteiger partial charge in [0.25, 0.3) is 0 Å². The predicted octanol–water partition coefficient (Wildman–Crippen LogP) is 2.98. The van der Waals surface area contributed by atoms with Gasteiger partial charge in [0, 0.05) is 12.1 Å². The van der Waals surface area contributed by atoms with Crippen LogP contribution in [0.1, 0.15) is 30.0 Å². The van der Waals surface area contributed by atoms with Crippen LogP contribution in [0.2, 0.25) is 0 Å². The summed E-state index contributed by atoms with van der Waals surface area (Å²) in [6.45, 7) is 0. The molecule has 1 aliphatic rings. The number of rotatable bonds is 1. The van der Waals surface area contributed by atoms with E-state index >= 15 is 0 Å². The topological polar surface area (TPSA) is 12.9 Å². The first-order valence-electron chi connectivity index (χ1n) is 4.11. The molecule has 0 amide bonds. The van der Waals surface area contributed by atoms with Gasteiger partial charge in [-0.3, -0.25) is 4.98 Å². The second-order valence-corrected chi connectivity index (χ2v) is 3.21. The number of pyridine rings is 1. The van der Waals surface area contributed by atoms with Gasteiger partial charge in [0.1, 0.15) is 0 Å². The number of halogens is 3. The lowest BCUT2D eigenvalue weighted by atomic mass is 10.1. The molecule has 0 atom stereocenters. The van der Waals surface area contributed by atoms with Gasteiger partial charge in [0.15, 0.2) is 0 Å². The van der Waals surface area contributed by atoms with Crippen LogP contribution in [-0.2, 0) is 6.18 Å². The molecule has 0 aromatic carbocycles. The molecule has 70 valence electrons. The molecule has 0 radical (unpaired) electrons. The van der Waals surface area contributed by atoms with Crippen molar-refractivity contribution in [2.45, 2.75) is 24.9 Å². The summed E-state index contributed by atoms with van der Waals surface area (Å²) in [4.78, 5) is 3.79. The van der Waals surface area contributed by atoms with Gasteiger partial charge in [-0.25, -0.2) is 0 Å². The molecule has 13 heavy (non-hydrogen) atoms. The van der Waals surface area contributed by atoms with Crippen LogP contribution >= 0.6 is 0 Å². The fourth-order valence-corrected chi connectivity index (χ4v) is 1.34. The zero-order valence-corrected chi connectivity index (χ0v) is 6.80. The Morgan fingerprint density at radius 1 is 1.31 bits per heavy atom. The summed E-state index contributed by atoms with van der Waals surface area (Å²) in [5.41, 5.74) is -0.354. The van der Waals surface area contributed by atoms with E-state index in [2.05, 4.69) is 4.98 Å². The Bertz CT molecular complexity index is 315. The van der Waals surface area contributed by atoms with E-state index in [1.165, 1.54) is 12.3 Å². The Kier molecular flexibility index (Phi) is 1.78. The number of alkyl halides is 3. The van der Waals surface area contributed by atoms with Crippen LogP contribution in [0.5, 0.6) is 0 Å². The first-order valence-corrected chi connectivity index (χ1v) is 4.11. The fraction of sp³-hybridized carbons (Fsp3) is 0.444. The van der Waals surface area contributed by atoms with Crippen molar-refractivity contribution in [1.82, 2.24) is 4.98 Å². The highest BCUT2D eigenvalue weighted by Gasteiger charge is 2.38. The molecule has 1 aliphatic carbocycles. The third-order valence-corrected chi connectivity index (χ3v) is 2.11. The minimum absolute atomic E-state index is 0.0397. The smallest absolute Gasteiger partial charge is 0.260 e. The largest absolute Gasteiger partial charge is 0.418 e. The van der Waals surface area contributed by atoms with Crippen molar-refractivity contribution >= 4 is 0 Å². The van der Waals surface area contributed by atoms with E-state index in [-0.39, 0.29) is 11.6 Å². The zero-order chi connectivity index (χ0) is 9.47. The average Bonchev–Trinajstić information content (AvgIpc) is 2.85. The lowest BCUT2D eigenvalue weighted by Gasteiger charge is -2.10. The molecule has 0 saturated heterocycles. The van der Waals surface area contributed by atoms with Crippen LogP contribution < -0.4 is 0 Å². The maximum atomic E-state index is 12.4. The van der Waals surface area contributed by atoms with Crippen LogP contribution in [0.4, 0.5) is 13.2 Å². The van der Waals surface area contributed by atoms with Gasteiger partial charge >= 0.3 is 6.18 Å². The molecule has 1 aromatic heterocycles. The van der Waals surface area contributed by atoms with Gasteiger partial charge in [-0.15, -0.1) is 0 Å². The van der Waals surface area contributed by atoms with Crippen LogP contribution in [0.15, 0.2) is 18.3 Å².